The predicted molar refractivity (Wildman–Crippen MR) is 71.5 cm³/mol. The maximum Gasteiger partial charge on any atom is 0.328 e. The number of hydrogen-bond acceptors (Lipinski definition) is 4. The Morgan fingerprint density at radius 1 is 1.61 bits per heavy atom. The second kappa shape index (κ2) is 6.90. The second-order valence-electron chi connectivity index (χ2n) is 4.01. The van der Waals surface area contributed by atoms with Gasteiger partial charge >= 0.3 is 5.97 Å². The highest BCUT2D eigenvalue weighted by Crippen LogP contribution is 2.20. The van der Waals surface area contributed by atoms with Gasteiger partial charge in [-0.25, -0.2) is 9.78 Å². The largest absolute Gasteiger partial charge is 0.478 e. The Morgan fingerprint density at radius 3 is 2.94 bits per heavy atom. The zero-order valence-corrected chi connectivity index (χ0v) is 11.2. The average molecular weight is 268 g/mol. The molecule has 1 aromatic rings. The lowest BCUT2D eigenvalue weighted by molar-refractivity contribution is -0.131. The van der Waals surface area contributed by atoms with E-state index in [0.29, 0.717) is 22.3 Å². The van der Waals surface area contributed by atoms with Crippen molar-refractivity contribution in [3.63, 3.8) is 0 Å². The van der Waals surface area contributed by atoms with E-state index in [9.17, 15) is 9.59 Å². The number of carbonyl (C=O) groups is 2. The number of carboxylic acids is 1. The van der Waals surface area contributed by atoms with Crippen molar-refractivity contribution >= 4 is 34.4 Å². The van der Waals surface area contributed by atoms with Crippen LogP contribution in [0.4, 0.5) is 5.13 Å². The van der Waals surface area contributed by atoms with Gasteiger partial charge < -0.3 is 10.4 Å². The van der Waals surface area contributed by atoms with Gasteiger partial charge in [-0.15, -0.1) is 0 Å². The van der Waals surface area contributed by atoms with Crippen LogP contribution in [0, 0.1) is 5.92 Å². The van der Waals surface area contributed by atoms with Gasteiger partial charge in [0.05, 0.1) is 0 Å². The maximum atomic E-state index is 11.6. The van der Waals surface area contributed by atoms with E-state index in [2.05, 4.69) is 10.3 Å². The van der Waals surface area contributed by atoms with Gasteiger partial charge in [0.15, 0.2) is 5.13 Å². The van der Waals surface area contributed by atoms with Gasteiger partial charge in [-0.3, -0.25) is 4.79 Å². The van der Waals surface area contributed by atoms with Gasteiger partial charge in [0.1, 0.15) is 0 Å². The molecule has 1 atom stereocenters. The Morgan fingerprint density at radius 2 is 2.33 bits per heavy atom. The highest BCUT2D eigenvalue weighted by atomic mass is 32.1. The first-order valence-electron chi connectivity index (χ1n) is 5.68. The lowest BCUT2D eigenvalue weighted by Gasteiger charge is -2.06. The molecular weight excluding hydrogens is 252 g/mol. The van der Waals surface area contributed by atoms with Gasteiger partial charge in [-0.2, -0.15) is 0 Å². The number of anilines is 1. The van der Waals surface area contributed by atoms with Crippen molar-refractivity contribution in [2.75, 3.05) is 5.32 Å². The molecule has 0 spiro atoms. The highest BCUT2D eigenvalue weighted by molar-refractivity contribution is 7.16. The van der Waals surface area contributed by atoms with Gasteiger partial charge in [0, 0.05) is 23.6 Å². The molecule has 1 amide bonds. The van der Waals surface area contributed by atoms with Crippen molar-refractivity contribution in [2.45, 2.75) is 26.7 Å². The Balaban J connectivity index is 2.53. The number of thiazole rings is 1. The molecule has 0 aliphatic carbocycles. The first-order valence-corrected chi connectivity index (χ1v) is 6.49. The molecule has 0 saturated heterocycles. The van der Waals surface area contributed by atoms with E-state index in [1.54, 1.807) is 0 Å². The Bertz CT molecular complexity index is 454. The zero-order valence-electron chi connectivity index (χ0n) is 10.3. The molecule has 1 rings (SSSR count). The van der Waals surface area contributed by atoms with Crippen molar-refractivity contribution in [1.82, 2.24) is 4.98 Å². The molecule has 0 radical (unpaired) electrons. The first-order chi connectivity index (χ1) is 8.51. The van der Waals surface area contributed by atoms with Gasteiger partial charge in [-0.05, 0) is 12.0 Å². The van der Waals surface area contributed by atoms with E-state index in [0.717, 1.165) is 12.5 Å². The SMILES string of the molecule is CCC(C)CC(=O)Nc1ncc(/C=C/C(=O)O)s1. The molecule has 5 nitrogen and oxygen atoms in total. The Labute approximate surface area is 110 Å². The summed E-state index contributed by atoms with van der Waals surface area (Å²) in [7, 11) is 0. The minimum Gasteiger partial charge on any atom is -0.478 e. The molecule has 6 heteroatoms. The van der Waals surface area contributed by atoms with Crippen LogP contribution in [0.1, 0.15) is 31.6 Å². The molecule has 0 aromatic carbocycles. The summed E-state index contributed by atoms with van der Waals surface area (Å²) in [6.45, 7) is 4.05. The molecule has 0 fully saturated rings. The Hall–Kier alpha value is -1.69. The maximum absolute atomic E-state index is 11.6. The number of carboxylic acid groups (broad SMARTS) is 1. The minimum absolute atomic E-state index is 0.0625. The highest BCUT2D eigenvalue weighted by Gasteiger charge is 2.09. The summed E-state index contributed by atoms with van der Waals surface area (Å²) in [6.07, 6.45) is 5.44. The average Bonchev–Trinajstić information content (AvgIpc) is 2.73. The van der Waals surface area contributed by atoms with E-state index in [4.69, 9.17) is 5.11 Å². The number of rotatable bonds is 6. The molecule has 1 heterocycles. The van der Waals surface area contributed by atoms with Crippen LogP contribution in [-0.2, 0) is 9.59 Å². The fourth-order valence-corrected chi connectivity index (χ4v) is 1.94. The van der Waals surface area contributed by atoms with Crippen LogP contribution in [0.15, 0.2) is 12.3 Å². The predicted octanol–water partition coefficient (Wildman–Crippen LogP) is 2.62. The van der Waals surface area contributed by atoms with Crippen molar-refractivity contribution in [1.29, 1.82) is 0 Å². The molecule has 0 saturated carbocycles. The van der Waals surface area contributed by atoms with Crippen LogP contribution in [0.3, 0.4) is 0 Å². The van der Waals surface area contributed by atoms with Crippen LogP contribution in [-0.4, -0.2) is 22.0 Å². The van der Waals surface area contributed by atoms with Crippen molar-refractivity contribution in [3.05, 3.63) is 17.2 Å². The van der Waals surface area contributed by atoms with E-state index in [1.807, 2.05) is 13.8 Å². The monoisotopic (exact) mass is 268 g/mol. The summed E-state index contributed by atoms with van der Waals surface area (Å²) in [5, 5.41) is 11.7. The van der Waals surface area contributed by atoms with E-state index < -0.39 is 5.97 Å². The fraction of sp³-hybridized carbons (Fsp3) is 0.417. The van der Waals surface area contributed by atoms with Crippen LogP contribution < -0.4 is 5.32 Å². The zero-order chi connectivity index (χ0) is 13.5. The standard InChI is InChI=1S/C12H16N2O3S/c1-3-8(2)6-10(15)14-12-13-7-9(18-12)4-5-11(16)17/h4-5,7-8H,3,6H2,1-2H3,(H,16,17)(H,13,14,15)/b5-4+. The van der Waals surface area contributed by atoms with E-state index in [1.165, 1.54) is 23.6 Å². The molecule has 18 heavy (non-hydrogen) atoms. The summed E-state index contributed by atoms with van der Waals surface area (Å²) >= 11 is 1.24. The quantitative estimate of drug-likeness (QED) is 0.777. The van der Waals surface area contributed by atoms with Crippen molar-refractivity contribution in [2.24, 2.45) is 5.92 Å². The van der Waals surface area contributed by atoms with Crippen molar-refractivity contribution < 1.29 is 14.7 Å². The number of nitrogens with one attached hydrogen (secondary N) is 1. The number of aliphatic carboxylic acids is 1. The Kier molecular flexibility index (Phi) is 5.51. The lowest BCUT2D eigenvalue weighted by Crippen LogP contribution is -2.14. The smallest absolute Gasteiger partial charge is 0.328 e. The third-order valence-corrected chi connectivity index (χ3v) is 3.27. The van der Waals surface area contributed by atoms with E-state index >= 15 is 0 Å². The van der Waals surface area contributed by atoms with Crippen LogP contribution in [0.2, 0.25) is 0 Å². The summed E-state index contributed by atoms with van der Waals surface area (Å²) in [5.74, 6) is -0.727. The number of hydrogen-bond donors (Lipinski definition) is 2. The van der Waals surface area contributed by atoms with E-state index in [-0.39, 0.29) is 5.91 Å². The normalized spacial score (nSPS) is 12.6. The number of carbonyl (C=O) groups excluding carboxylic acids is 1. The third kappa shape index (κ3) is 5.09. The summed E-state index contributed by atoms with van der Waals surface area (Å²) < 4.78 is 0. The molecule has 1 unspecified atom stereocenters. The van der Waals surface area contributed by atoms with Crippen LogP contribution >= 0.6 is 11.3 Å². The first kappa shape index (κ1) is 14.4. The number of aromatic nitrogens is 1. The number of amides is 1. The molecule has 0 aliphatic heterocycles. The fourth-order valence-electron chi connectivity index (χ4n) is 1.21. The summed E-state index contributed by atoms with van der Waals surface area (Å²) in [4.78, 5) is 26.6. The topological polar surface area (TPSA) is 79.3 Å². The minimum atomic E-state index is -1.01. The van der Waals surface area contributed by atoms with Gasteiger partial charge in [0.2, 0.25) is 5.91 Å². The molecule has 1 aromatic heterocycles. The summed E-state index contributed by atoms with van der Waals surface area (Å²) in [6, 6.07) is 0. The van der Waals surface area contributed by atoms with Crippen LogP contribution in [0.25, 0.3) is 6.08 Å². The van der Waals surface area contributed by atoms with Gasteiger partial charge in [-0.1, -0.05) is 31.6 Å². The second-order valence-corrected chi connectivity index (χ2v) is 5.07. The van der Waals surface area contributed by atoms with Crippen molar-refractivity contribution in [3.8, 4) is 0 Å². The third-order valence-electron chi connectivity index (χ3n) is 2.39. The lowest BCUT2D eigenvalue weighted by atomic mass is 10.1. The summed E-state index contributed by atoms with van der Waals surface area (Å²) in [5.41, 5.74) is 0. The van der Waals surface area contributed by atoms with Crippen LogP contribution in [0.5, 0.6) is 0 Å². The molecule has 2 N–H and O–H groups in total. The molecular formula is C12H16N2O3S. The van der Waals surface area contributed by atoms with Gasteiger partial charge in [0.25, 0.3) is 0 Å². The molecule has 0 aliphatic rings. The molecule has 0 bridgehead atoms. The number of nitrogens with zero attached hydrogens (tertiary/aromatic N) is 1. The molecule has 98 valence electrons.